The molecule has 1 heterocycles. The van der Waals surface area contributed by atoms with E-state index >= 15 is 0 Å². The van der Waals surface area contributed by atoms with Gasteiger partial charge in [0, 0.05) is 11.3 Å². The van der Waals surface area contributed by atoms with Gasteiger partial charge in [0.05, 0.1) is 6.54 Å². The van der Waals surface area contributed by atoms with Crippen LogP contribution in [0, 0.1) is 0 Å². The molecule has 1 aromatic heterocycles. The zero-order valence-electron chi connectivity index (χ0n) is 6.32. The minimum atomic E-state index is 0.302. The molecule has 11 heavy (non-hydrogen) atoms. The van der Waals surface area contributed by atoms with Crippen LogP contribution in [0.3, 0.4) is 0 Å². The van der Waals surface area contributed by atoms with Crippen molar-refractivity contribution in [2.75, 3.05) is 0 Å². The molecule has 4 heteroatoms. The third-order valence-corrected chi connectivity index (χ3v) is 1.36. The number of furan rings is 1. The largest absolute Gasteiger partial charge is 0.466 e. The van der Waals surface area contributed by atoms with E-state index in [9.17, 15) is 0 Å². The Bertz CT molecular complexity index is 273. The van der Waals surface area contributed by atoms with Gasteiger partial charge in [-0.05, 0) is 17.7 Å². The van der Waals surface area contributed by atoms with Gasteiger partial charge in [-0.25, -0.2) is 0 Å². The first-order chi connectivity index (χ1) is 5.36. The van der Waals surface area contributed by atoms with E-state index in [4.69, 9.17) is 9.95 Å². The molecule has 0 aliphatic heterocycles. The van der Waals surface area contributed by atoms with Gasteiger partial charge < -0.3 is 4.42 Å². The van der Waals surface area contributed by atoms with Gasteiger partial charge in [-0.1, -0.05) is 12.0 Å². The Balaban J connectivity index is 2.64. The molecule has 0 atom stereocenters. The molecule has 1 aromatic rings. The van der Waals surface area contributed by atoms with E-state index in [1.807, 2.05) is 19.1 Å². The van der Waals surface area contributed by atoms with Crippen molar-refractivity contribution in [3.05, 3.63) is 34.1 Å². The molecule has 0 radical (unpaired) electrons. The van der Waals surface area contributed by atoms with Crippen LogP contribution < -0.4 is 0 Å². The highest BCUT2D eigenvalue weighted by Gasteiger charge is 1.96. The quantitative estimate of drug-likeness (QED) is 0.372. The van der Waals surface area contributed by atoms with Crippen LogP contribution in [0.25, 0.3) is 10.4 Å². The van der Waals surface area contributed by atoms with Crippen LogP contribution in [-0.4, -0.2) is 0 Å². The summed E-state index contributed by atoms with van der Waals surface area (Å²) in [5.41, 5.74) is 8.01. The summed E-state index contributed by atoms with van der Waals surface area (Å²) >= 11 is 0. The van der Waals surface area contributed by atoms with E-state index in [1.165, 1.54) is 0 Å². The molecule has 58 valence electrons. The Morgan fingerprint density at radius 1 is 1.55 bits per heavy atom. The van der Waals surface area contributed by atoms with E-state index in [2.05, 4.69) is 10.0 Å². The van der Waals surface area contributed by atoms with Crippen molar-refractivity contribution in [1.82, 2.24) is 0 Å². The first-order valence-corrected chi connectivity index (χ1v) is 3.45. The summed E-state index contributed by atoms with van der Waals surface area (Å²) in [4.78, 5) is 2.63. The Morgan fingerprint density at radius 3 is 2.82 bits per heavy atom. The number of hydrogen-bond acceptors (Lipinski definition) is 2. The summed E-state index contributed by atoms with van der Waals surface area (Å²) in [6.07, 6.45) is 0.871. The van der Waals surface area contributed by atoms with Gasteiger partial charge in [-0.2, -0.15) is 0 Å². The summed E-state index contributed by atoms with van der Waals surface area (Å²) in [5, 5.41) is 3.38. The molecular formula is C7H9N3O. The van der Waals surface area contributed by atoms with Crippen LogP contribution in [-0.2, 0) is 13.0 Å². The van der Waals surface area contributed by atoms with Crippen molar-refractivity contribution in [2.24, 2.45) is 5.11 Å². The fourth-order valence-electron chi connectivity index (χ4n) is 0.799. The number of aryl methyl sites for hydroxylation is 1. The average molecular weight is 151 g/mol. The molecule has 4 nitrogen and oxygen atoms in total. The van der Waals surface area contributed by atoms with Crippen molar-refractivity contribution in [2.45, 2.75) is 19.9 Å². The van der Waals surface area contributed by atoms with Crippen LogP contribution in [0.4, 0.5) is 0 Å². The smallest absolute Gasteiger partial charge is 0.110 e. The molecular weight excluding hydrogens is 142 g/mol. The maximum atomic E-state index is 8.01. The number of azide groups is 1. The Kier molecular flexibility index (Phi) is 2.58. The second kappa shape index (κ2) is 3.68. The minimum absolute atomic E-state index is 0.302. The third-order valence-electron chi connectivity index (χ3n) is 1.36. The Hall–Kier alpha value is -1.41. The van der Waals surface area contributed by atoms with Crippen molar-refractivity contribution in [3.63, 3.8) is 0 Å². The summed E-state index contributed by atoms with van der Waals surface area (Å²) < 4.78 is 5.27. The van der Waals surface area contributed by atoms with E-state index in [0.29, 0.717) is 6.54 Å². The highest BCUT2D eigenvalue weighted by atomic mass is 16.3. The fraction of sp³-hybridized carbons (Fsp3) is 0.429. The van der Waals surface area contributed by atoms with Crippen LogP contribution in [0.15, 0.2) is 21.7 Å². The van der Waals surface area contributed by atoms with Crippen LogP contribution in [0.2, 0.25) is 0 Å². The van der Waals surface area contributed by atoms with Crippen LogP contribution in [0.1, 0.15) is 18.4 Å². The molecule has 0 aliphatic rings. The van der Waals surface area contributed by atoms with Gasteiger partial charge in [0.15, 0.2) is 0 Å². The maximum Gasteiger partial charge on any atom is 0.110 e. The topological polar surface area (TPSA) is 61.9 Å². The number of hydrogen-bond donors (Lipinski definition) is 0. The first kappa shape index (κ1) is 7.69. The normalized spacial score (nSPS) is 9.18. The predicted molar refractivity (Wildman–Crippen MR) is 40.9 cm³/mol. The maximum absolute atomic E-state index is 8.01. The summed E-state index contributed by atoms with van der Waals surface area (Å²) in [6, 6.07) is 3.72. The highest BCUT2D eigenvalue weighted by Crippen LogP contribution is 2.08. The molecule has 0 aromatic carbocycles. The van der Waals surface area contributed by atoms with Gasteiger partial charge in [0.2, 0.25) is 0 Å². The Labute approximate surface area is 64.5 Å². The molecule has 0 spiro atoms. The lowest BCUT2D eigenvalue weighted by atomic mass is 10.4. The molecule has 0 amide bonds. The number of rotatable bonds is 3. The Morgan fingerprint density at radius 2 is 2.27 bits per heavy atom. The molecule has 0 bridgehead atoms. The summed E-state index contributed by atoms with van der Waals surface area (Å²) in [6.45, 7) is 2.31. The molecule has 0 aliphatic carbocycles. The molecule has 0 saturated carbocycles. The van der Waals surface area contributed by atoms with E-state index in [0.717, 1.165) is 17.9 Å². The van der Waals surface area contributed by atoms with Gasteiger partial charge >= 0.3 is 0 Å². The molecule has 0 saturated heterocycles. The lowest BCUT2D eigenvalue weighted by Crippen LogP contribution is -1.73. The molecule has 0 unspecified atom stereocenters. The highest BCUT2D eigenvalue weighted by molar-refractivity contribution is 5.06. The van der Waals surface area contributed by atoms with Crippen molar-refractivity contribution < 1.29 is 4.42 Å². The lowest BCUT2D eigenvalue weighted by molar-refractivity contribution is 0.471. The van der Waals surface area contributed by atoms with Crippen molar-refractivity contribution in [1.29, 1.82) is 0 Å². The summed E-state index contributed by atoms with van der Waals surface area (Å²) in [5.74, 6) is 1.65. The van der Waals surface area contributed by atoms with E-state index < -0.39 is 0 Å². The second-order valence-electron chi connectivity index (χ2n) is 2.11. The standard InChI is InChI=1S/C7H9N3O/c1-2-6-3-4-7(11-6)5-9-10-8/h3-4H,2,5H2,1H3. The zero-order chi connectivity index (χ0) is 8.10. The SMILES string of the molecule is CCc1ccc(CN=[N+]=[N-])o1. The van der Waals surface area contributed by atoms with Crippen molar-refractivity contribution in [3.8, 4) is 0 Å². The molecule has 1 rings (SSSR count). The van der Waals surface area contributed by atoms with Gasteiger partial charge in [0.1, 0.15) is 11.5 Å². The fourth-order valence-corrected chi connectivity index (χ4v) is 0.799. The lowest BCUT2D eigenvalue weighted by Gasteiger charge is -1.87. The predicted octanol–water partition coefficient (Wildman–Crippen LogP) is 2.65. The third kappa shape index (κ3) is 2.02. The first-order valence-electron chi connectivity index (χ1n) is 3.45. The zero-order valence-corrected chi connectivity index (χ0v) is 6.32. The summed E-state index contributed by atoms with van der Waals surface area (Å²) in [7, 11) is 0. The van der Waals surface area contributed by atoms with Gasteiger partial charge in [0.25, 0.3) is 0 Å². The monoisotopic (exact) mass is 151 g/mol. The van der Waals surface area contributed by atoms with E-state index in [-0.39, 0.29) is 0 Å². The second-order valence-corrected chi connectivity index (χ2v) is 2.11. The van der Waals surface area contributed by atoms with Gasteiger partial charge in [-0.15, -0.1) is 0 Å². The van der Waals surface area contributed by atoms with Crippen LogP contribution >= 0.6 is 0 Å². The van der Waals surface area contributed by atoms with Crippen molar-refractivity contribution >= 4 is 0 Å². The molecule has 0 N–H and O–H groups in total. The average Bonchev–Trinajstić information content (AvgIpc) is 2.48. The minimum Gasteiger partial charge on any atom is -0.466 e. The molecule has 0 fully saturated rings. The van der Waals surface area contributed by atoms with Gasteiger partial charge in [-0.3, -0.25) is 0 Å². The van der Waals surface area contributed by atoms with Crippen LogP contribution in [0.5, 0.6) is 0 Å². The number of nitrogens with zero attached hydrogens (tertiary/aromatic N) is 3. The van der Waals surface area contributed by atoms with E-state index in [1.54, 1.807) is 0 Å².